The molecule has 1 atom stereocenters. The molecule has 0 amide bonds. The van der Waals surface area contributed by atoms with E-state index in [1.54, 1.807) is 0 Å². The van der Waals surface area contributed by atoms with Crippen molar-refractivity contribution in [2.24, 2.45) is 0 Å². The minimum Gasteiger partial charge on any atom is -0.261 e. The van der Waals surface area contributed by atoms with Gasteiger partial charge in [0.1, 0.15) is 0 Å². The fourth-order valence-electron chi connectivity index (χ4n) is 1.77. The molecule has 0 N–H and O–H groups in total. The standard InChI is InChI=1S/C16H17N/c1-13-6-5-7-15(12-13)10-9-14(2)16-8-3-4-11-17-16/h3-12,14H,1-2H3/b10-9+/t14-/m1/s1. The molecule has 2 aromatic rings. The smallest absolute Gasteiger partial charge is 0.0469 e. The van der Waals surface area contributed by atoms with Crippen LogP contribution in [0.15, 0.2) is 54.7 Å². The molecule has 0 saturated carbocycles. The van der Waals surface area contributed by atoms with Gasteiger partial charge in [-0.2, -0.15) is 0 Å². The molecular formula is C16H17N. The van der Waals surface area contributed by atoms with Crippen molar-refractivity contribution in [3.8, 4) is 0 Å². The van der Waals surface area contributed by atoms with Gasteiger partial charge in [-0.15, -0.1) is 0 Å². The Balaban J connectivity index is 2.11. The van der Waals surface area contributed by atoms with E-state index in [0.29, 0.717) is 5.92 Å². The topological polar surface area (TPSA) is 12.9 Å². The zero-order valence-electron chi connectivity index (χ0n) is 10.3. The average Bonchev–Trinajstić information content (AvgIpc) is 2.37. The zero-order valence-corrected chi connectivity index (χ0v) is 10.3. The minimum absolute atomic E-state index is 0.344. The highest BCUT2D eigenvalue weighted by Crippen LogP contribution is 2.15. The van der Waals surface area contributed by atoms with Crippen LogP contribution in [0.4, 0.5) is 0 Å². The highest BCUT2D eigenvalue weighted by atomic mass is 14.7. The maximum absolute atomic E-state index is 4.36. The molecule has 0 saturated heterocycles. The monoisotopic (exact) mass is 223 g/mol. The van der Waals surface area contributed by atoms with Gasteiger partial charge in [-0.25, -0.2) is 0 Å². The summed E-state index contributed by atoms with van der Waals surface area (Å²) >= 11 is 0. The predicted molar refractivity (Wildman–Crippen MR) is 72.9 cm³/mol. The van der Waals surface area contributed by atoms with E-state index in [1.807, 2.05) is 18.3 Å². The molecule has 86 valence electrons. The molecule has 0 aliphatic heterocycles. The Morgan fingerprint density at radius 3 is 2.71 bits per heavy atom. The van der Waals surface area contributed by atoms with Gasteiger partial charge in [0.25, 0.3) is 0 Å². The SMILES string of the molecule is Cc1cccc(/C=C/[C@@H](C)c2ccccn2)c1. The lowest BCUT2D eigenvalue weighted by Crippen LogP contribution is -1.91. The maximum atomic E-state index is 4.36. The summed E-state index contributed by atoms with van der Waals surface area (Å²) in [6, 6.07) is 14.5. The van der Waals surface area contributed by atoms with Gasteiger partial charge in [0.15, 0.2) is 0 Å². The van der Waals surface area contributed by atoms with Crippen molar-refractivity contribution in [2.45, 2.75) is 19.8 Å². The summed E-state index contributed by atoms with van der Waals surface area (Å²) in [7, 11) is 0. The first kappa shape index (κ1) is 11.6. The quantitative estimate of drug-likeness (QED) is 0.759. The van der Waals surface area contributed by atoms with E-state index < -0.39 is 0 Å². The Morgan fingerprint density at radius 2 is 2.00 bits per heavy atom. The predicted octanol–water partition coefficient (Wildman–Crippen LogP) is 4.21. The van der Waals surface area contributed by atoms with Crippen LogP contribution in [-0.4, -0.2) is 4.98 Å². The number of pyridine rings is 1. The Morgan fingerprint density at radius 1 is 1.12 bits per heavy atom. The first-order valence-corrected chi connectivity index (χ1v) is 5.91. The second-order valence-corrected chi connectivity index (χ2v) is 4.32. The molecular weight excluding hydrogens is 206 g/mol. The molecule has 1 heteroatoms. The van der Waals surface area contributed by atoms with E-state index in [9.17, 15) is 0 Å². The second-order valence-electron chi connectivity index (χ2n) is 4.32. The lowest BCUT2D eigenvalue weighted by molar-refractivity contribution is 0.911. The number of aromatic nitrogens is 1. The third-order valence-electron chi connectivity index (χ3n) is 2.77. The van der Waals surface area contributed by atoms with Crippen LogP contribution in [-0.2, 0) is 0 Å². The average molecular weight is 223 g/mol. The molecule has 17 heavy (non-hydrogen) atoms. The van der Waals surface area contributed by atoms with Gasteiger partial charge in [-0.3, -0.25) is 4.98 Å². The Kier molecular flexibility index (Phi) is 3.71. The summed E-state index contributed by atoms with van der Waals surface area (Å²) in [5.74, 6) is 0.344. The zero-order chi connectivity index (χ0) is 12.1. The van der Waals surface area contributed by atoms with Gasteiger partial charge in [0.05, 0.1) is 0 Å². The van der Waals surface area contributed by atoms with Crippen LogP contribution in [0.1, 0.15) is 29.7 Å². The van der Waals surface area contributed by atoms with Gasteiger partial charge >= 0.3 is 0 Å². The van der Waals surface area contributed by atoms with E-state index in [1.165, 1.54) is 11.1 Å². The summed E-state index contributed by atoms with van der Waals surface area (Å²) in [4.78, 5) is 4.36. The minimum atomic E-state index is 0.344. The van der Waals surface area contributed by atoms with Crippen LogP contribution in [0, 0.1) is 6.92 Å². The van der Waals surface area contributed by atoms with Crippen LogP contribution in [0.25, 0.3) is 6.08 Å². The van der Waals surface area contributed by atoms with E-state index in [4.69, 9.17) is 0 Å². The van der Waals surface area contributed by atoms with Gasteiger partial charge < -0.3 is 0 Å². The molecule has 1 heterocycles. The number of hydrogen-bond donors (Lipinski definition) is 0. The van der Waals surface area contributed by atoms with Crippen molar-refractivity contribution in [1.29, 1.82) is 0 Å². The first-order valence-electron chi connectivity index (χ1n) is 5.91. The summed E-state index contributed by atoms with van der Waals surface area (Å²) in [6.07, 6.45) is 6.19. The molecule has 0 aliphatic carbocycles. The van der Waals surface area contributed by atoms with Gasteiger partial charge in [-0.05, 0) is 24.6 Å². The van der Waals surface area contributed by atoms with E-state index in [-0.39, 0.29) is 0 Å². The number of allylic oxidation sites excluding steroid dienone is 1. The fourth-order valence-corrected chi connectivity index (χ4v) is 1.77. The van der Waals surface area contributed by atoms with Crippen molar-refractivity contribution in [1.82, 2.24) is 4.98 Å². The van der Waals surface area contributed by atoms with Gasteiger partial charge in [-0.1, -0.05) is 55.0 Å². The molecule has 1 nitrogen and oxygen atoms in total. The third-order valence-corrected chi connectivity index (χ3v) is 2.77. The van der Waals surface area contributed by atoms with Crippen LogP contribution in [0.5, 0.6) is 0 Å². The Bertz CT molecular complexity index is 500. The van der Waals surface area contributed by atoms with Crippen LogP contribution >= 0.6 is 0 Å². The molecule has 0 unspecified atom stereocenters. The van der Waals surface area contributed by atoms with Crippen molar-refractivity contribution in [3.05, 3.63) is 71.6 Å². The molecule has 0 fully saturated rings. The second kappa shape index (κ2) is 5.44. The molecule has 0 aliphatic rings. The Labute approximate surface area is 103 Å². The third kappa shape index (κ3) is 3.28. The van der Waals surface area contributed by atoms with Crippen LogP contribution in [0.3, 0.4) is 0 Å². The first-order chi connectivity index (χ1) is 8.25. The molecule has 2 rings (SSSR count). The summed E-state index contributed by atoms with van der Waals surface area (Å²) in [5, 5.41) is 0. The molecule has 0 radical (unpaired) electrons. The van der Waals surface area contributed by atoms with Crippen molar-refractivity contribution >= 4 is 6.08 Å². The normalized spacial score (nSPS) is 12.8. The number of rotatable bonds is 3. The van der Waals surface area contributed by atoms with E-state index >= 15 is 0 Å². The lowest BCUT2D eigenvalue weighted by Gasteiger charge is -2.04. The number of aryl methyl sites for hydroxylation is 1. The summed E-state index contributed by atoms with van der Waals surface area (Å²) in [6.45, 7) is 4.27. The molecule has 0 spiro atoms. The fraction of sp³-hybridized carbons (Fsp3) is 0.188. The Hall–Kier alpha value is -1.89. The largest absolute Gasteiger partial charge is 0.261 e. The van der Waals surface area contributed by atoms with Crippen molar-refractivity contribution in [3.63, 3.8) is 0 Å². The maximum Gasteiger partial charge on any atom is 0.0469 e. The van der Waals surface area contributed by atoms with E-state index in [2.05, 4.69) is 61.3 Å². The van der Waals surface area contributed by atoms with Crippen molar-refractivity contribution in [2.75, 3.05) is 0 Å². The summed E-state index contributed by atoms with van der Waals surface area (Å²) < 4.78 is 0. The van der Waals surface area contributed by atoms with E-state index in [0.717, 1.165) is 5.69 Å². The highest BCUT2D eigenvalue weighted by molar-refractivity contribution is 5.51. The van der Waals surface area contributed by atoms with Gasteiger partial charge in [0, 0.05) is 17.8 Å². The molecule has 1 aromatic heterocycles. The van der Waals surface area contributed by atoms with Crippen LogP contribution in [0.2, 0.25) is 0 Å². The summed E-state index contributed by atoms with van der Waals surface area (Å²) in [5.41, 5.74) is 3.64. The molecule has 0 bridgehead atoms. The lowest BCUT2D eigenvalue weighted by atomic mass is 10.0. The van der Waals surface area contributed by atoms with Gasteiger partial charge in [0.2, 0.25) is 0 Å². The number of hydrogen-bond acceptors (Lipinski definition) is 1. The van der Waals surface area contributed by atoms with Crippen molar-refractivity contribution < 1.29 is 0 Å². The number of nitrogens with zero attached hydrogens (tertiary/aromatic N) is 1. The van der Waals surface area contributed by atoms with Crippen LogP contribution < -0.4 is 0 Å². The molecule has 1 aromatic carbocycles. The highest BCUT2D eigenvalue weighted by Gasteiger charge is 2.00. The number of benzene rings is 1.